The van der Waals surface area contributed by atoms with E-state index in [4.69, 9.17) is 4.42 Å². The van der Waals surface area contributed by atoms with Crippen molar-refractivity contribution in [1.29, 1.82) is 0 Å². The second-order valence-electron chi connectivity index (χ2n) is 5.65. The van der Waals surface area contributed by atoms with Gasteiger partial charge in [0, 0.05) is 12.1 Å². The van der Waals surface area contributed by atoms with Crippen molar-refractivity contribution in [3.05, 3.63) is 88.4 Å². The van der Waals surface area contributed by atoms with Crippen molar-refractivity contribution in [2.75, 3.05) is 5.01 Å². The molecule has 2 aromatic heterocycles. The third-order valence-electron chi connectivity index (χ3n) is 3.81. The molecule has 138 valence electrons. The fourth-order valence-electron chi connectivity index (χ4n) is 2.45. The first-order valence-corrected chi connectivity index (χ1v) is 8.95. The highest BCUT2D eigenvalue weighted by atomic mass is 32.1. The molecule has 0 aliphatic rings. The molecule has 0 radical (unpaired) electrons. The Kier molecular flexibility index (Phi) is 4.65. The van der Waals surface area contributed by atoms with Crippen molar-refractivity contribution in [2.24, 2.45) is 5.10 Å². The van der Waals surface area contributed by atoms with E-state index in [-0.39, 0.29) is 11.4 Å². The van der Waals surface area contributed by atoms with Crippen LogP contribution in [0.3, 0.4) is 0 Å². The van der Waals surface area contributed by atoms with E-state index in [1.54, 1.807) is 24.3 Å². The maximum atomic E-state index is 12.8. The lowest BCUT2D eigenvalue weighted by molar-refractivity contribution is -0.384. The average molecular weight is 392 g/mol. The van der Waals surface area contributed by atoms with Crippen LogP contribution in [0.2, 0.25) is 0 Å². The van der Waals surface area contributed by atoms with Crippen LogP contribution in [0.1, 0.15) is 16.1 Å². The van der Waals surface area contributed by atoms with Gasteiger partial charge >= 0.3 is 5.91 Å². The van der Waals surface area contributed by atoms with Gasteiger partial charge in [0.2, 0.25) is 5.13 Å². The van der Waals surface area contributed by atoms with Gasteiger partial charge in [-0.1, -0.05) is 23.5 Å². The van der Waals surface area contributed by atoms with Crippen LogP contribution in [0.15, 0.2) is 76.4 Å². The van der Waals surface area contributed by atoms with Crippen molar-refractivity contribution < 1.29 is 14.1 Å². The number of nitro groups is 1. The minimum Gasteiger partial charge on any atom is -0.459 e. The number of hydrogen-bond acceptors (Lipinski definition) is 7. The van der Waals surface area contributed by atoms with Gasteiger partial charge in [-0.15, -0.1) is 0 Å². The van der Waals surface area contributed by atoms with Crippen LogP contribution < -0.4 is 5.01 Å². The van der Waals surface area contributed by atoms with Crippen LogP contribution >= 0.6 is 11.3 Å². The quantitative estimate of drug-likeness (QED) is 0.283. The summed E-state index contributed by atoms with van der Waals surface area (Å²) < 4.78 is 6.12. The van der Waals surface area contributed by atoms with Crippen LogP contribution in [0, 0.1) is 10.1 Å². The molecule has 0 fully saturated rings. The molecule has 28 heavy (non-hydrogen) atoms. The molecule has 0 atom stereocenters. The first-order valence-electron chi connectivity index (χ1n) is 8.14. The fraction of sp³-hybridized carbons (Fsp3) is 0. The van der Waals surface area contributed by atoms with Crippen molar-refractivity contribution in [1.82, 2.24) is 4.98 Å². The van der Waals surface area contributed by atoms with Gasteiger partial charge in [0.1, 0.15) is 0 Å². The summed E-state index contributed by atoms with van der Waals surface area (Å²) in [5.74, 6) is -0.345. The van der Waals surface area contributed by atoms with Crippen molar-refractivity contribution >= 4 is 44.5 Å². The number of carbonyl (C=O) groups is 1. The molecular formula is C19H12N4O4S. The molecule has 2 heterocycles. The highest BCUT2D eigenvalue weighted by Gasteiger charge is 2.23. The number of aromatic nitrogens is 1. The summed E-state index contributed by atoms with van der Waals surface area (Å²) in [5.41, 5.74) is 1.33. The van der Waals surface area contributed by atoms with Gasteiger partial charge in [-0.3, -0.25) is 14.9 Å². The molecule has 0 aliphatic heterocycles. The van der Waals surface area contributed by atoms with Gasteiger partial charge in [0.25, 0.3) is 5.69 Å². The molecule has 0 unspecified atom stereocenters. The number of anilines is 1. The number of hydrazone groups is 1. The number of nitrogens with zero attached hydrogens (tertiary/aromatic N) is 4. The van der Waals surface area contributed by atoms with E-state index in [0.717, 1.165) is 15.2 Å². The Labute approximate surface area is 162 Å². The number of para-hydroxylation sites is 1. The summed E-state index contributed by atoms with van der Waals surface area (Å²) in [6, 6.07) is 16.5. The Morgan fingerprint density at radius 3 is 2.61 bits per heavy atom. The normalized spacial score (nSPS) is 11.1. The summed E-state index contributed by atoms with van der Waals surface area (Å²) in [7, 11) is 0. The highest BCUT2D eigenvalue weighted by Crippen LogP contribution is 2.30. The van der Waals surface area contributed by atoms with Crippen LogP contribution in [0.25, 0.3) is 10.2 Å². The lowest BCUT2D eigenvalue weighted by Gasteiger charge is -2.11. The first kappa shape index (κ1) is 17.6. The van der Waals surface area contributed by atoms with Gasteiger partial charge in [-0.25, -0.2) is 4.98 Å². The Bertz CT molecular complexity index is 1130. The van der Waals surface area contributed by atoms with E-state index in [1.807, 2.05) is 24.3 Å². The Morgan fingerprint density at radius 1 is 1.14 bits per heavy atom. The van der Waals surface area contributed by atoms with Crippen LogP contribution in [0.5, 0.6) is 0 Å². The molecule has 0 saturated carbocycles. The molecule has 4 rings (SSSR count). The second kappa shape index (κ2) is 7.41. The summed E-state index contributed by atoms with van der Waals surface area (Å²) in [6.45, 7) is 0. The smallest absolute Gasteiger partial charge is 0.316 e. The second-order valence-corrected chi connectivity index (χ2v) is 6.66. The summed E-state index contributed by atoms with van der Waals surface area (Å²) in [4.78, 5) is 27.6. The monoisotopic (exact) mass is 392 g/mol. The SMILES string of the molecule is O=C(c1ccco1)N(/N=C/c1ccc([N+](=O)[O-])cc1)c1nc2ccccc2s1. The number of benzene rings is 2. The van der Waals surface area contributed by atoms with Crippen molar-refractivity contribution in [2.45, 2.75) is 0 Å². The zero-order valence-electron chi connectivity index (χ0n) is 14.3. The zero-order chi connectivity index (χ0) is 19.5. The van der Waals surface area contributed by atoms with Crippen LogP contribution in [0.4, 0.5) is 10.8 Å². The van der Waals surface area contributed by atoms with Crippen molar-refractivity contribution in [3.63, 3.8) is 0 Å². The summed E-state index contributed by atoms with van der Waals surface area (Å²) in [6.07, 6.45) is 2.85. The van der Waals surface area contributed by atoms with Gasteiger partial charge in [0.05, 0.1) is 27.6 Å². The highest BCUT2D eigenvalue weighted by molar-refractivity contribution is 7.22. The third-order valence-corrected chi connectivity index (χ3v) is 4.83. The average Bonchev–Trinajstić information content (AvgIpc) is 3.38. The third kappa shape index (κ3) is 3.51. The minimum atomic E-state index is -0.477. The van der Waals surface area contributed by atoms with Gasteiger partial charge in [-0.05, 0) is 42.0 Å². The number of carbonyl (C=O) groups excluding carboxylic acids is 1. The molecule has 9 heteroatoms. The van der Waals surface area contributed by atoms with Gasteiger partial charge in [-0.2, -0.15) is 10.1 Å². The summed E-state index contributed by atoms with van der Waals surface area (Å²) >= 11 is 1.32. The van der Waals surface area contributed by atoms with E-state index < -0.39 is 10.8 Å². The molecule has 2 aromatic carbocycles. The molecule has 0 aliphatic carbocycles. The number of non-ortho nitro benzene ring substituents is 1. The number of hydrogen-bond donors (Lipinski definition) is 0. The predicted octanol–water partition coefficient (Wildman–Crippen LogP) is 4.48. The van der Waals surface area contributed by atoms with E-state index in [1.165, 1.54) is 35.9 Å². The predicted molar refractivity (Wildman–Crippen MR) is 106 cm³/mol. The van der Waals surface area contributed by atoms with E-state index in [2.05, 4.69) is 10.1 Å². The molecular weight excluding hydrogens is 380 g/mol. The minimum absolute atomic E-state index is 0.0214. The number of thiazole rings is 1. The van der Waals surface area contributed by atoms with Crippen LogP contribution in [-0.2, 0) is 0 Å². The fourth-order valence-corrected chi connectivity index (χ4v) is 3.37. The maximum absolute atomic E-state index is 12.8. The Hall–Kier alpha value is -3.85. The number of rotatable bonds is 5. The maximum Gasteiger partial charge on any atom is 0.316 e. The largest absolute Gasteiger partial charge is 0.459 e. The lowest BCUT2D eigenvalue weighted by atomic mass is 10.2. The first-order chi connectivity index (χ1) is 13.6. The molecule has 1 amide bonds. The molecule has 0 saturated heterocycles. The topological polar surface area (TPSA) is 102 Å². The number of furan rings is 1. The number of amides is 1. The summed E-state index contributed by atoms with van der Waals surface area (Å²) in [5, 5.41) is 16.6. The molecule has 4 aromatic rings. The lowest BCUT2D eigenvalue weighted by Crippen LogP contribution is -2.25. The van der Waals surface area contributed by atoms with E-state index in [0.29, 0.717) is 10.7 Å². The Balaban J connectivity index is 1.70. The van der Waals surface area contributed by atoms with Gasteiger partial charge in [0.15, 0.2) is 5.76 Å². The molecule has 0 spiro atoms. The molecule has 8 nitrogen and oxygen atoms in total. The van der Waals surface area contributed by atoms with E-state index in [9.17, 15) is 14.9 Å². The Morgan fingerprint density at radius 2 is 1.93 bits per heavy atom. The standard InChI is InChI=1S/C19H12N4O4S/c24-18(16-5-3-11-27-16)22(19-21-15-4-1-2-6-17(15)28-19)20-12-13-7-9-14(10-8-13)23(25)26/h1-12H/b20-12+. The van der Waals surface area contributed by atoms with E-state index >= 15 is 0 Å². The van der Waals surface area contributed by atoms with Crippen molar-refractivity contribution in [3.8, 4) is 0 Å². The molecule has 0 N–H and O–H groups in total. The zero-order valence-corrected chi connectivity index (χ0v) is 15.1. The van der Waals surface area contributed by atoms with Crippen LogP contribution in [-0.4, -0.2) is 22.0 Å². The molecule has 0 bridgehead atoms. The number of fused-ring (bicyclic) bond motifs is 1. The van der Waals surface area contributed by atoms with Gasteiger partial charge < -0.3 is 4.42 Å². The number of nitro benzene ring substituents is 1.